The normalized spacial score (nSPS) is 12.4. The largest absolute Gasteiger partial charge is 0.453 e. The molecule has 0 aliphatic carbocycles. The third-order valence-electron chi connectivity index (χ3n) is 7.00. The number of nitrogens with zero attached hydrogens (tertiary/aromatic N) is 2. The fourth-order valence-corrected chi connectivity index (χ4v) is 5.54. The topological polar surface area (TPSA) is 27.1 Å². The minimum Gasteiger partial charge on any atom is -0.453 e. The van der Waals surface area contributed by atoms with E-state index in [1.165, 1.54) is 38.2 Å². The van der Waals surface area contributed by atoms with Crippen LogP contribution in [0.15, 0.2) is 109 Å². The molecule has 158 valence electrons. The number of fused-ring (bicyclic) bond motifs is 8. The first-order valence-corrected chi connectivity index (χ1v) is 11.5. The molecule has 0 fully saturated rings. The van der Waals surface area contributed by atoms with Crippen molar-refractivity contribution >= 4 is 43.5 Å². The van der Waals surface area contributed by atoms with Crippen LogP contribution in [0.4, 0.5) is 0 Å². The number of benzene rings is 5. The van der Waals surface area contributed by atoms with Crippen LogP contribution in [0.5, 0.6) is 11.5 Å². The molecule has 8 rings (SSSR count). The summed E-state index contributed by atoms with van der Waals surface area (Å²) in [6.45, 7) is 0. The minimum atomic E-state index is 0.885. The van der Waals surface area contributed by atoms with E-state index in [1.54, 1.807) is 0 Å². The molecule has 0 radical (unpaired) electrons. The average Bonchev–Trinajstić information content (AvgIpc) is 3.24. The molecule has 0 N–H and O–H groups in total. The first-order chi connectivity index (χ1) is 16.9. The molecule has 0 saturated carbocycles. The van der Waals surface area contributed by atoms with Gasteiger partial charge in [0.1, 0.15) is 0 Å². The zero-order valence-corrected chi connectivity index (χ0v) is 18.2. The number of rotatable bonds is 1. The predicted octanol–water partition coefficient (Wildman–Crippen LogP) is 8.26. The zero-order chi connectivity index (χ0) is 22.2. The van der Waals surface area contributed by atoms with Crippen LogP contribution in [0, 0.1) is 0 Å². The Morgan fingerprint density at radius 3 is 2.50 bits per heavy atom. The molecule has 3 heteroatoms. The number of aromatic nitrogens is 2. The van der Waals surface area contributed by atoms with E-state index in [0.717, 1.165) is 33.6 Å². The van der Waals surface area contributed by atoms with Gasteiger partial charge in [0, 0.05) is 27.7 Å². The van der Waals surface area contributed by atoms with E-state index in [9.17, 15) is 0 Å². The van der Waals surface area contributed by atoms with E-state index in [-0.39, 0.29) is 0 Å². The quantitative estimate of drug-likeness (QED) is 0.243. The van der Waals surface area contributed by atoms with Crippen LogP contribution in [-0.2, 0) is 0 Å². The van der Waals surface area contributed by atoms with Gasteiger partial charge in [0.25, 0.3) is 0 Å². The van der Waals surface area contributed by atoms with Gasteiger partial charge in [-0.25, -0.2) is 0 Å². The summed E-state index contributed by atoms with van der Waals surface area (Å²) in [6, 6.07) is 36.4. The first kappa shape index (κ1) is 17.9. The van der Waals surface area contributed by atoms with Gasteiger partial charge in [-0.1, -0.05) is 66.7 Å². The summed E-state index contributed by atoms with van der Waals surface area (Å²) >= 11 is 0. The average molecular weight is 434 g/mol. The van der Waals surface area contributed by atoms with Gasteiger partial charge in [0.2, 0.25) is 0 Å². The molecule has 2 aromatic heterocycles. The van der Waals surface area contributed by atoms with E-state index in [0.29, 0.717) is 0 Å². The molecule has 0 unspecified atom stereocenters. The van der Waals surface area contributed by atoms with Crippen molar-refractivity contribution in [1.29, 1.82) is 0 Å². The van der Waals surface area contributed by atoms with Crippen LogP contribution in [0.25, 0.3) is 60.3 Å². The van der Waals surface area contributed by atoms with Gasteiger partial charge in [-0.2, -0.15) is 0 Å². The lowest BCUT2D eigenvalue weighted by Gasteiger charge is -2.20. The van der Waals surface area contributed by atoms with Crippen LogP contribution in [0.2, 0.25) is 0 Å². The van der Waals surface area contributed by atoms with E-state index in [1.807, 2.05) is 24.4 Å². The molecule has 5 aromatic carbocycles. The SMILES string of the molecule is c1ccc2c(c1)Oc1cccc3c4cc(-c5cccc6ccc7cccnc7c56)ccc4n-2c13. The summed E-state index contributed by atoms with van der Waals surface area (Å²) in [4.78, 5) is 4.75. The Bertz CT molecular complexity index is 1950. The van der Waals surface area contributed by atoms with E-state index < -0.39 is 0 Å². The standard InChI is InChI=1S/C31H18N2O/c1-2-11-27-26(10-1)33-25-16-15-21(18-24(25)23-9-4-12-28(34-27)31(23)33)22-8-3-6-19-13-14-20-7-5-17-32-30(20)29(19)22/h1-18H. The Morgan fingerprint density at radius 2 is 1.50 bits per heavy atom. The second-order valence-electron chi connectivity index (χ2n) is 8.83. The Balaban J connectivity index is 1.48. The Kier molecular flexibility index (Phi) is 3.39. The third-order valence-corrected chi connectivity index (χ3v) is 7.00. The summed E-state index contributed by atoms with van der Waals surface area (Å²) in [5.41, 5.74) is 6.82. The zero-order valence-electron chi connectivity index (χ0n) is 18.2. The molecule has 3 heterocycles. The van der Waals surface area contributed by atoms with Gasteiger partial charge < -0.3 is 9.30 Å². The van der Waals surface area contributed by atoms with Crippen molar-refractivity contribution in [3.8, 4) is 28.3 Å². The number of para-hydroxylation sites is 3. The van der Waals surface area contributed by atoms with Crippen molar-refractivity contribution in [3.05, 3.63) is 109 Å². The molecule has 34 heavy (non-hydrogen) atoms. The van der Waals surface area contributed by atoms with Crippen molar-refractivity contribution in [1.82, 2.24) is 9.55 Å². The van der Waals surface area contributed by atoms with Crippen LogP contribution >= 0.6 is 0 Å². The second-order valence-corrected chi connectivity index (χ2v) is 8.83. The third kappa shape index (κ3) is 2.28. The molecule has 7 aromatic rings. The van der Waals surface area contributed by atoms with E-state index in [4.69, 9.17) is 9.72 Å². The Morgan fingerprint density at radius 1 is 0.647 bits per heavy atom. The van der Waals surface area contributed by atoms with E-state index >= 15 is 0 Å². The maximum Gasteiger partial charge on any atom is 0.152 e. The van der Waals surface area contributed by atoms with Crippen LogP contribution in [0.3, 0.4) is 0 Å². The highest BCUT2D eigenvalue weighted by atomic mass is 16.5. The molecular formula is C31H18N2O. The van der Waals surface area contributed by atoms with Gasteiger partial charge in [-0.05, 0) is 52.9 Å². The van der Waals surface area contributed by atoms with Crippen molar-refractivity contribution < 1.29 is 4.74 Å². The molecule has 0 amide bonds. The minimum absolute atomic E-state index is 0.885. The van der Waals surface area contributed by atoms with Gasteiger partial charge in [-0.15, -0.1) is 0 Å². The number of ether oxygens (including phenoxy) is 1. The van der Waals surface area contributed by atoms with Gasteiger partial charge in [-0.3, -0.25) is 4.98 Å². The van der Waals surface area contributed by atoms with Crippen LogP contribution in [0.1, 0.15) is 0 Å². The van der Waals surface area contributed by atoms with E-state index in [2.05, 4.69) is 89.5 Å². The van der Waals surface area contributed by atoms with Gasteiger partial charge in [0.05, 0.1) is 22.2 Å². The van der Waals surface area contributed by atoms with Crippen LogP contribution in [-0.4, -0.2) is 9.55 Å². The lowest BCUT2D eigenvalue weighted by Crippen LogP contribution is -2.03. The summed E-state index contributed by atoms with van der Waals surface area (Å²) < 4.78 is 8.61. The van der Waals surface area contributed by atoms with Gasteiger partial charge in [0.15, 0.2) is 11.5 Å². The maximum absolute atomic E-state index is 6.27. The molecule has 0 bridgehead atoms. The Hall–Kier alpha value is -4.63. The monoisotopic (exact) mass is 434 g/mol. The predicted molar refractivity (Wildman–Crippen MR) is 139 cm³/mol. The fraction of sp³-hybridized carbons (Fsp3) is 0. The first-order valence-electron chi connectivity index (χ1n) is 11.5. The van der Waals surface area contributed by atoms with Crippen molar-refractivity contribution in [2.75, 3.05) is 0 Å². The Labute approximate surface area is 195 Å². The lowest BCUT2D eigenvalue weighted by atomic mass is 9.95. The van der Waals surface area contributed by atoms with Crippen molar-refractivity contribution in [2.24, 2.45) is 0 Å². The van der Waals surface area contributed by atoms with Gasteiger partial charge >= 0.3 is 0 Å². The lowest BCUT2D eigenvalue weighted by molar-refractivity contribution is 0.476. The number of hydrogen-bond donors (Lipinski definition) is 0. The summed E-state index contributed by atoms with van der Waals surface area (Å²) in [7, 11) is 0. The smallest absolute Gasteiger partial charge is 0.152 e. The summed E-state index contributed by atoms with van der Waals surface area (Å²) in [5.74, 6) is 1.78. The molecule has 0 atom stereocenters. The number of pyridine rings is 1. The maximum atomic E-state index is 6.27. The molecular weight excluding hydrogens is 416 g/mol. The molecule has 0 spiro atoms. The summed E-state index contributed by atoms with van der Waals surface area (Å²) in [5, 5.41) is 5.98. The molecule has 3 nitrogen and oxygen atoms in total. The van der Waals surface area contributed by atoms with Crippen molar-refractivity contribution in [3.63, 3.8) is 0 Å². The molecule has 1 aliphatic heterocycles. The molecule has 0 saturated heterocycles. The summed E-state index contributed by atoms with van der Waals surface area (Å²) in [6.07, 6.45) is 1.88. The highest BCUT2D eigenvalue weighted by Crippen LogP contribution is 2.46. The highest BCUT2D eigenvalue weighted by molar-refractivity contribution is 6.16. The van der Waals surface area contributed by atoms with Crippen LogP contribution < -0.4 is 4.74 Å². The van der Waals surface area contributed by atoms with Crippen molar-refractivity contribution in [2.45, 2.75) is 0 Å². The fourth-order valence-electron chi connectivity index (χ4n) is 5.54. The second kappa shape index (κ2) is 6.46. The molecule has 1 aliphatic rings. The number of hydrogen-bond acceptors (Lipinski definition) is 2. The highest BCUT2D eigenvalue weighted by Gasteiger charge is 2.23.